The van der Waals surface area contributed by atoms with Crippen molar-refractivity contribution in [3.8, 4) is 0 Å². The lowest BCUT2D eigenvalue weighted by Gasteiger charge is -2.21. The van der Waals surface area contributed by atoms with Gasteiger partial charge in [-0.2, -0.15) is 0 Å². The van der Waals surface area contributed by atoms with Crippen LogP contribution in [0.1, 0.15) is 13.8 Å². The number of hydrogen-bond acceptors (Lipinski definition) is 3. The third kappa shape index (κ3) is 3.16. The van der Waals surface area contributed by atoms with Gasteiger partial charge in [0.1, 0.15) is 0 Å². The van der Waals surface area contributed by atoms with Crippen LogP contribution in [0.2, 0.25) is 0 Å². The van der Waals surface area contributed by atoms with Gasteiger partial charge in [0.05, 0.1) is 6.54 Å². The van der Waals surface area contributed by atoms with Crippen molar-refractivity contribution < 1.29 is 0 Å². The standard InChI is InChI=1S/C6H13N3.2ClH/c1-5(2)9-4-3-8-6(9)7;;/h5H,3-4H2,1-2H3,(H2,7,8);2*1H. The molecule has 0 saturated carbocycles. The first-order valence-electron chi connectivity index (χ1n) is 3.28. The van der Waals surface area contributed by atoms with E-state index in [1.54, 1.807) is 0 Å². The molecular formula is C6H15Cl2N3. The molecule has 0 aliphatic carbocycles. The SMILES string of the molecule is CC(C)N1CCN=C1N.Cl.Cl. The van der Waals surface area contributed by atoms with Gasteiger partial charge in [-0.15, -0.1) is 24.8 Å². The summed E-state index contributed by atoms with van der Waals surface area (Å²) >= 11 is 0. The quantitative estimate of drug-likeness (QED) is 0.682. The highest BCUT2D eigenvalue weighted by atomic mass is 35.5. The Labute approximate surface area is 79.9 Å². The van der Waals surface area contributed by atoms with Crippen LogP contribution in [0.25, 0.3) is 0 Å². The van der Waals surface area contributed by atoms with Crippen molar-refractivity contribution in [1.29, 1.82) is 0 Å². The predicted molar refractivity (Wildman–Crippen MR) is 52.8 cm³/mol. The van der Waals surface area contributed by atoms with Crippen molar-refractivity contribution in [3.05, 3.63) is 0 Å². The summed E-state index contributed by atoms with van der Waals surface area (Å²) in [6.07, 6.45) is 0. The van der Waals surface area contributed by atoms with Crippen molar-refractivity contribution in [2.45, 2.75) is 19.9 Å². The van der Waals surface area contributed by atoms with Crippen LogP contribution in [0.5, 0.6) is 0 Å². The average Bonchev–Trinajstić information content (AvgIpc) is 2.13. The fraction of sp³-hybridized carbons (Fsp3) is 0.833. The van der Waals surface area contributed by atoms with Gasteiger partial charge in [-0.05, 0) is 13.8 Å². The van der Waals surface area contributed by atoms with Crippen molar-refractivity contribution in [3.63, 3.8) is 0 Å². The fourth-order valence-corrected chi connectivity index (χ4v) is 1.00. The van der Waals surface area contributed by atoms with Crippen LogP contribution in [0, 0.1) is 0 Å². The Bertz CT molecular complexity index is 136. The molecule has 0 atom stereocenters. The minimum Gasteiger partial charge on any atom is -0.370 e. The lowest BCUT2D eigenvalue weighted by molar-refractivity contribution is 0.377. The normalized spacial score (nSPS) is 15.5. The minimum atomic E-state index is 0. The molecule has 0 saturated heterocycles. The molecule has 0 aromatic heterocycles. The maximum absolute atomic E-state index is 5.56. The second-order valence-corrected chi connectivity index (χ2v) is 2.53. The number of guanidine groups is 1. The molecule has 1 aliphatic heterocycles. The minimum absolute atomic E-state index is 0. The topological polar surface area (TPSA) is 41.6 Å². The molecule has 3 nitrogen and oxygen atoms in total. The summed E-state index contributed by atoms with van der Waals surface area (Å²) in [6.45, 7) is 6.09. The van der Waals surface area contributed by atoms with Crippen LogP contribution >= 0.6 is 24.8 Å². The Morgan fingerprint density at radius 3 is 2.18 bits per heavy atom. The van der Waals surface area contributed by atoms with Crippen LogP contribution < -0.4 is 5.73 Å². The first-order valence-corrected chi connectivity index (χ1v) is 3.28. The summed E-state index contributed by atoms with van der Waals surface area (Å²) in [5, 5.41) is 0. The lowest BCUT2D eigenvalue weighted by atomic mass is 10.3. The molecule has 1 rings (SSSR count). The van der Waals surface area contributed by atoms with E-state index in [-0.39, 0.29) is 24.8 Å². The molecule has 0 radical (unpaired) electrons. The van der Waals surface area contributed by atoms with E-state index in [9.17, 15) is 0 Å². The number of halogens is 2. The molecule has 5 heteroatoms. The zero-order chi connectivity index (χ0) is 6.85. The number of rotatable bonds is 1. The molecule has 2 N–H and O–H groups in total. The van der Waals surface area contributed by atoms with Gasteiger partial charge in [0.2, 0.25) is 0 Å². The van der Waals surface area contributed by atoms with Gasteiger partial charge in [-0.3, -0.25) is 4.99 Å². The van der Waals surface area contributed by atoms with Crippen molar-refractivity contribution in [1.82, 2.24) is 4.90 Å². The smallest absolute Gasteiger partial charge is 0.191 e. The largest absolute Gasteiger partial charge is 0.370 e. The van der Waals surface area contributed by atoms with E-state index < -0.39 is 0 Å². The van der Waals surface area contributed by atoms with E-state index in [1.807, 2.05) is 0 Å². The number of nitrogens with two attached hydrogens (primary N) is 1. The van der Waals surface area contributed by atoms with Crippen molar-refractivity contribution in [2.75, 3.05) is 13.1 Å². The third-order valence-corrected chi connectivity index (χ3v) is 1.53. The van der Waals surface area contributed by atoms with Crippen LogP contribution in [0.3, 0.4) is 0 Å². The second kappa shape index (κ2) is 5.49. The van der Waals surface area contributed by atoms with E-state index in [0.29, 0.717) is 12.0 Å². The average molecular weight is 200 g/mol. The van der Waals surface area contributed by atoms with Crippen molar-refractivity contribution in [2.24, 2.45) is 10.7 Å². The predicted octanol–water partition coefficient (Wildman–Crippen LogP) is 0.869. The highest BCUT2D eigenvalue weighted by Gasteiger charge is 2.15. The zero-order valence-electron chi connectivity index (χ0n) is 6.78. The molecule has 0 amide bonds. The van der Waals surface area contributed by atoms with Gasteiger partial charge < -0.3 is 10.6 Å². The summed E-state index contributed by atoms with van der Waals surface area (Å²) in [6, 6.07) is 0.497. The van der Waals surface area contributed by atoms with Crippen LogP contribution in [0.4, 0.5) is 0 Å². The molecular weight excluding hydrogens is 185 g/mol. The third-order valence-electron chi connectivity index (χ3n) is 1.53. The van der Waals surface area contributed by atoms with Gasteiger partial charge in [0, 0.05) is 12.6 Å². The molecule has 68 valence electrons. The van der Waals surface area contributed by atoms with Gasteiger partial charge in [-0.25, -0.2) is 0 Å². The first-order chi connectivity index (χ1) is 4.22. The van der Waals surface area contributed by atoms with Crippen LogP contribution in [-0.4, -0.2) is 30.0 Å². The van der Waals surface area contributed by atoms with Crippen LogP contribution in [0.15, 0.2) is 4.99 Å². The summed E-state index contributed by atoms with van der Waals surface area (Å²) < 4.78 is 0. The maximum atomic E-state index is 5.56. The van der Waals surface area contributed by atoms with E-state index in [1.165, 1.54) is 0 Å². The Balaban J connectivity index is 0. The monoisotopic (exact) mass is 199 g/mol. The molecule has 11 heavy (non-hydrogen) atoms. The summed E-state index contributed by atoms with van der Waals surface area (Å²) in [7, 11) is 0. The maximum Gasteiger partial charge on any atom is 0.191 e. The molecule has 1 aliphatic rings. The Kier molecular flexibility index (Phi) is 6.71. The van der Waals surface area contributed by atoms with E-state index in [0.717, 1.165) is 13.1 Å². The molecule has 0 aromatic carbocycles. The Hall–Kier alpha value is -0.150. The van der Waals surface area contributed by atoms with Gasteiger partial charge >= 0.3 is 0 Å². The number of hydrogen-bond donors (Lipinski definition) is 1. The molecule has 0 fully saturated rings. The highest BCUT2D eigenvalue weighted by Crippen LogP contribution is 2.02. The van der Waals surface area contributed by atoms with E-state index in [2.05, 4.69) is 23.7 Å². The molecule has 1 heterocycles. The molecule has 0 spiro atoms. The lowest BCUT2D eigenvalue weighted by Crippen LogP contribution is -2.38. The Morgan fingerprint density at radius 2 is 2.00 bits per heavy atom. The molecule has 0 aromatic rings. The first kappa shape index (κ1) is 13.4. The van der Waals surface area contributed by atoms with Gasteiger partial charge in [0.25, 0.3) is 0 Å². The Morgan fingerprint density at radius 1 is 1.45 bits per heavy atom. The number of aliphatic imine (C=N–C) groups is 1. The summed E-state index contributed by atoms with van der Waals surface area (Å²) in [4.78, 5) is 6.16. The fourth-order valence-electron chi connectivity index (χ4n) is 1.00. The highest BCUT2D eigenvalue weighted by molar-refractivity contribution is 5.85. The van der Waals surface area contributed by atoms with Crippen molar-refractivity contribution >= 4 is 30.8 Å². The van der Waals surface area contributed by atoms with E-state index in [4.69, 9.17) is 5.73 Å². The van der Waals surface area contributed by atoms with Gasteiger partial charge in [0.15, 0.2) is 5.96 Å². The second-order valence-electron chi connectivity index (χ2n) is 2.53. The molecule has 0 bridgehead atoms. The van der Waals surface area contributed by atoms with E-state index >= 15 is 0 Å². The van der Waals surface area contributed by atoms with Crippen LogP contribution in [-0.2, 0) is 0 Å². The summed E-state index contributed by atoms with van der Waals surface area (Å²) in [5.74, 6) is 0.699. The number of nitrogens with zero attached hydrogens (tertiary/aromatic N) is 2. The summed E-state index contributed by atoms with van der Waals surface area (Å²) in [5.41, 5.74) is 5.56. The molecule has 0 unspecified atom stereocenters. The van der Waals surface area contributed by atoms with Gasteiger partial charge in [-0.1, -0.05) is 0 Å². The zero-order valence-corrected chi connectivity index (χ0v) is 8.41.